The first-order valence-corrected chi connectivity index (χ1v) is 5.26. The first kappa shape index (κ1) is 7.87. The molecule has 0 unspecified atom stereocenters. The zero-order valence-electron chi connectivity index (χ0n) is 7.40. The molecule has 1 aliphatic carbocycles. The van der Waals surface area contributed by atoms with Crippen molar-refractivity contribution in [2.24, 2.45) is 0 Å². The van der Waals surface area contributed by atoms with Crippen LogP contribution in [0.5, 0.6) is 0 Å². The summed E-state index contributed by atoms with van der Waals surface area (Å²) in [6, 6.07) is 0. The molecule has 3 rings (SSSR count). The summed E-state index contributed by atoms with van der Waals surface area (Å²) in [4.78, 5) is 13.7. The number of nitrogens with two attached hydrogens (primary N) is 1. The van der Waals surface area contributed by atoms with Gasteiger partial charge in [0.25, 0.3) is 0 Å². The van der Waals surface area contributed by atoms with E-state index >= 15 is 0 Å². The van der Waals surface area contributed by atoms with Crippen LogP contribution in [0.25, 0.3) is 10.6 Å². The van der Waals surface area contributed by atoms with Gasteiger partial charge in [0.15, 0.2) is 0 Å². The largest absolute Gasteiger partial charge is 0.368 e. The van der Waals surface area contributed by atoms with Gasteiger partial charge >= 0.3 is 0 Å². The summed E-state index contributed by atoms with van der Waals surface area (Å²) in [6.07, 6.45) is 3.77. The van der Waals surface area contributed by atoms with Crippen LogP contribution in [-0.4, -0.2) is 15.0 Å². The Kier molecular flexibility index (Phi) is 1.55. The van der Waals surface area contributed by atoms with Gasteiger partial charge in [0.2, 0.25) is 5.95 Å². The average molecular weight is 204 g/mol. The number of anilines is 1. The third-order valence-electron chi connectivity index (χ3n) is 2.37. The Morgan fingerprint density at radius 1 is 1.29 bits per heavy atom. The van der Waals surface area contributed by atoms with Crippen molar-refractivity contribution in [3.63, 3.8) is 0 Å². The molecule has 2 aromatic rings. The van der Waals surface area contributed by atoms with E-state index in [-0.39, 0.29) is 0 Å². The topological polar surface area (TPSA) is 64.7 Å². The lowest BCUT2D eigenvalue weighted by atomic mass is 10.00. The maximum atomic E-state index is 5.57. The van der Waals surface area contributed by atoms with Gasteiger partial charge in [-0.05, 0) is 18.4 Å². The Balaban J connectivity index is 2.28. The lowest BCUT2D eigenvalue weighted by Gasteiger charge is -2.13. The Hall–Kier alpha value is -1.49. The van der Waals surface area contributed by atoms with Crippen LogP contribution in [0, 0.1) is 0 Å². The van der Waals surface area contributed by atoms with Crippen molar-refractivity contribution >= 4 is 17.3 Å². The molecule has 2 aromatic heterocycles. The molecule has 70 valence electrons. The minimum atomic E-state index is 0.338. The quantitative estimate of drug-likeness (QED) is 0.702. The van der Waals surface area contributed by atoms with Crippen LogP contribution in [0.15, 0.2) is 11.7 Å². The summed E-state index contributed by atoms with van der Waals surface area (Å²) < 4.78 is 0. The molecule has 0 atom stereocenters. The van der Waals surface area contributed by atoms with Gasteiger partial charge in [0.05, 0.1) is 21.8 Å². The summed E-state index contributed by atoms with van der Waals surface area (Å²) in [5.41, 5.74) is 10.7. The zero-order chi connectivity index (χ0) is 9.54. The van der Waals surface area contributed by atoms with Crippen LogP contribution in [0.3, 0.4) is 0 Å². The van der Waals surface area contributed by atoms with E-state index in [1.807, 2.05) is 11.7 Å². The highest BCUT2D eigenvalue weighted by molar-refractivity contribution is 7.13. The van der Waals surface area contributed by atoms with Gasteiger partial charge in [-0.1, -0.05) is 0 Å². The fourth-order valence-electron chi connectivity index (χ4n) is 1.69. The third-order valence-corrected chi connectivity index (χ3v) is 3.25. The molecule has 5 heteroatoms. The van der Waals surface area contributed by atoms with Gasteiger partial charge < -0.3 is 5.73 Å². The van der Waals surface area contributed by atoms with Crippen molar-refractivity contribution < 1.29 is 0 Å². The van der Waals surface area contributed by atoms with Crippen molar-refractivity contribution in [2.45, 2.75) is 12.8 Å². The van der Waals surface area contributed by atoms with E-state index in [4.69, 9.17) is 5.73 Å². The predicted octanol–water partition coefficient (Wildman–Crippen LogP) is 1.28. The molecule has 1 aliphatic rings. The molecule has 0 fully saturated rings. The SMILES string of the molecule is Nc1ncc2c(n1)-c1scnc1CC2. The maximum Gasteiger partial charge on any atom is 0.220 e. The van der Waals surface area contributed by atoms with E-state index in [0.29, 0.717) is 5.95 Å². The van der Waals surface area contributed by atoms with Gasteiger partial charge in [-0.3, -0.25) is 0 Å². The molecular formula is C9H8N4S. The van der Waals surface area contributed by atoms with Gasteiger partial charge in [-0.2, -0.15) is 0 Å². The van der Waals surface area contributed by atoms with Crippen LogP contribution in [0.1, 0.15) is 11.3 Å². The first-order valence-electron chi connectivity index (χ1n) is 4.39. The van der Waals surface area contributed by atoms with Gasteiger partial charge in [-0.25, -0.2) is 15.0 Å². The number of aryl methyl sites for hydroxylation is 2. The number of hydrogen-bond donors (Lipinski definition) is 1. The number of fused-ring (bicyclic) bond motifs is 3. The van der Waals surface area contributed by atoms with Crippen molar-refractivity contribution in [3.8, 4) is 10.6 Å². The van der Waals surface area contributed by atoms with E-state index < -0.39 is 0 Å². The van der Waals surface area contributed by atoms with E-state index in [2.05, 4.69) is 15.0 Å². The number of thiazole rings is 1. The molecule has 0 aliphatic heterocycles. The fourth-order valence-corrected chi connectivity index (χ4v) is 2.56. The van der Waals surface area contributed by atoms with Gasteiger partial charge in [0, 0.05) is 6.20 Å². The van der Waals surface area contributed by atoms with E-state index in [0.717, 1.165) is 29.1 Å². The van der Waals surface area contributed by atoms with Crippen molar-refractivity contribution in [2.75, 3.05) is 5.73 Å². The Labute approximate surface area is 84.9 Å². The second kappa shape index (κ2) is 2.75. The van der Waals surface area contributed by atoms with Crippen molar-refractivity contribution in [3.05, 3.63) is 23.0 Å². The van der Waals surface area contributed by atoms with Crippen molar-refractivity contribution in [1.82, 2.24) is 15.0 Å². The molecule has 0 radical (unpaired) electrons. The molecule has 0 aromatic carbocycles. The second-order valence-corrected chi connectivity index (χ2v) is 4.08. The maximum absolute atomic E-state index is 5.57. The smallest absolute Gasteiger partial charge is 0.220 e. The Bertz CT molecular complexity index is 491. The minimum Gasteiger partial charge on any atom is -0.368 e. The van der Waals surface area contributed by atoms with Gasteiger partial charge in [-0.15, -0.1) is 11.3 Å². The molecule has 2 N–H and O–H groups in total. The summed E-state index contributed by atoms with van der Waals surface area (Å²) in [6.45, 7) is 0. The summed E-state index contributed by atoms with van der Waals surface area (Å²) in [7, 11) is 0. The van der Waals surface area contributed by atoms with Crippen LogP contribution in [-0.2, 0) is 12.8 Å². The Morgan fingerprint density at radius 2 is 2.21 bits per heavy atom. The predicted molar refractivity (Wildman–Crippen MR) is 55.0 cm³/mol. The first-order chi connectivity index (χ1) is 6.84. The number of rotatable bonds is 0. The fraction of sp³-hybridized carbons (Fsp3) is 0.222. The molecule has 4 nitrogen and oxygen atoms in total. The van der Waals surface area contributed by atoms with Crippen LogP contribution in [0.2, 0.25) is 0 Å². The summed E-state index contributed by atoms with van der Waals surface area (Å²) in [5, 5.41) is 0. The molecule has 2 heterocycles. The van der Waals surface area contributed by atoms with Gasteiger partial charge in [0.1, 0.15) is 0 Å². The number of nitrogen functional groups attached to an aromatic ring is 1. The average Bonchev–Trinajstić information content (AvgIpc) is 2.65. The van der Waals surface area contributed by atoms with E-state index in [9.17, 15) is 0 Å². The minimum absolute atomic E-state index is 0.338. The zero-order valence-corrected chi connectivity index (χ0v) is 8.21. The highest BCUT2D eigenvalue weighted by atomic mass is 32.1. The molecule has 0 amide bonds. The lowest BCUT2D eigenvalue weighted by molar-refractivity contribution is 0.889. The van der Waals surface area contributed by atoms with Crippen LogP contribution in [0.4, 0.5) is 5.95 Å². The molecule has 0 saturated carbocycles. The number of nitrogens with zero attached hydrogens (tertiary/aromatic N) is 3. The van der Waals surface area contributed by atoms with Crippen LogP contribution < -0.4 is 5.73 Å². The van der Waals surface area contributed by atoms with E-state index in [1.54, 1.807) is 11.3 Å². The van der Waals surface area contributed by atoms with E-state index in [1.165, 1.54) is 5.56 Å². The molecule has 0 saturated heterocycles. The third kappa shape index (κ3) is 1.02. The second-order valence-electron chi connectivity index (χ2n) is 3.23. The molecule has 0 bridgehead atoms. The monoisotopic (exact) mass is 204 g/mol. The normalized spacial score (nSPS) is 13.4. The standard InChI is InChI=1S/C9H8N4S/c10-9-11-3-5-1-2-6-8(7(5)13-9)14-4-12-6/h3-4H,1-2H2,(H2,10,11,13). The molecule has 14 heavy (non-hydrogen) atoms. The Morgan fingerprint density at radius 3 is 3.14 bits per heavy atom. The molecular weight excluding hydrogens is 196 g/mol. The summed E-state index contributed by atoms with van der Waals surface area (Å²) in [5.74, 6) is 0.338. The summed E-state index contributed by atoms with van der Waals surface area (Å²) >= 11 is 1.62. The highest BCUT2D eigenvalue weighted by Gasteiger charge is 2.20. The highest BCUT2D eigenvalue weighted by Crippen LogP contribution is 2.34. The van der Waals surface area contributed by atoms with Crippen LogP contribution >= 0.6 is 11.3 Å². The number of aromatic nitrogens is 3. The van der Waals surface area contributed by atoms with Crippen molar-refractivity contribution in [1.29, 1.82) is 0 Å². The number of hydrogen-bond acceptors (Lipinski definition) is 5. The molecule has 0 spiro atoms. The lowest BCUT2D eigenvalue weighted by Crippen LogP contribution is -2.07.